The zero-order chi connectivity index (χ0) is 19.0. The number of nitrogens with zero attached hydrogens (tertiary/aromatic N) is 1. The predicted molar refractivity (Wildman–Crippen MR) is 83.4 cm³/mol. The number of carbonyl (C=O) groups excluding carboxylic acids is 2. The zero-order valence-corrected chi connectivity index (χ0v) is 14.2. The molecule has 0 atom stereocenters. The summed E-state index contributed by atoms with van der Waals surface area (Å²) in [5.74, 6) is -2.17. The summed E-state index contributed by atoms with van der Waals surface area (Å²) in [4.78, 5) is 35.2. The number of aliphatic carboxylic acids is 1. The van der Waals surface area contributed by atoms with Crippen molar-refractivity contribution in [2.24, 2.45) is 0 Å². The molecule has 0 heterocycles. The van der Waals surface area contributed by atoms with Crippen LogP contribution in [0.2, 0.25) is 0 Å². The van der Waals surface area contributed by atoms with Gasteiger partial charge in [0.05, 0.1) is 0 Å². The molecule has 1 amide bonds. The Balaban J connectivity index is 2.39. The Hall–Kier alpha value is -2.84. The fraction of sp³-hybridized carbons (Fsp3) is 0.438. The molecule has 0 spiro atoms. The highest BCUT2D eigenvalue weighted by molar-refractivity contribution is 5.77. The quantitative estimate of drug-likeness (QED) is 0.588. The number of carbonyl (C=O) groups is 3. The molecule has 0 aliphatic carbocycles. The molecule has 0 saturated heterocycles. The molecule has 138 valence electrons. The summed E-state index contributed by atoms with van der Waals surface area (Å²) in [6.45, 7) is 3.22. The van der Waals surface area contributed by atoms with Gasteiger partial charge in [0.1, 0.15) is 18.1 Å². The molecule has 0 aliphatic rings. The van der Waals surface area contributed by atoms with Crippen molar-refractivity contribution in [3.63, 3.8) is 0 Å². The Morgan fingerprint density at radius 3 is 2.24 bits per heavy atom. The van der Waals surface area contributed by atoms with Crippen molar-refractivity contribution in [3.05, 3.63) is 30.1 Å². The SMILES string of the molecule is CC(C)(C)N(CC(=O)O)C(=O)OCOC(=O)COc1ccc(F)cc1. The first kappa shape index (κ1) is 20.2. The van der Waals surface area contributed by atoms with Gasteiger partial charge in [0.2, 0.25) is 6.79 Å². The molecule has 0 saturated carbocycles. The molecule has 0 bridgehead atoms. The number of hydrogen-bond acceptors (Lipinski definition) is 6. The monoisotopic (exact) mass is 357 g/mol. The number of rotatable bonds is 7. The van der Waals surface area contributed by atoms with E-state index in [1.54, 1.807) is 20.8 Å². The number of carboxylic acid groups (broad SMARTS) is 1. The van der Waals surface area contributed by atoms with E-state index in [2.05, 4.69) is 4.74 Å². The average molecular weight is 357 g/mol. The van der Waals surface area contributed by atoms with Gasteiger partial charge >= 0.3 is 18.0 Å². The zero-order valence-electron chi connectivity index (χ0n) is 14.2. The molecular formula is C16H20FNO7. The highest BCUT2D eigenvalue weighted by Crippen LogP contribution is 2.14. The lowest BCUT2D eigenvalue weighted by Gasteiger charge is -2.33. The van der Waals surface area contributed by atoms with Crippen LogP contribution in [0.4, 0.5) is 9.18 Å². The molecule has 0 fully saturated rings. The predicted octanol–water partition coefficient (Wildman–Crippen LogP) is 2.03. The number of ether oxygens (including phenoxy) is 3. The Kier molecular flexibility index (Phi) is 7.16. The standard InChI is InChI=1S/C16H20FNO7/c1-16(2,3)18(8-13(19)20)15(22)25-10-24-14(21)9-23-12-6-4-11(17)5-7-12/h4-7H,8-10H2,1-3H3,(H,19,20). The lowest BCUT2D eigenvalue weighted by atomic mass is 10.1. The second-order valence-corrected chi connectivity index (χ2v) is 5.94. The van der Waals surface area contributed by atoms with Crippen molar-refractivity contribution < 1.29 is 38.1 Å². The molecule has 1 aromatic rings. The minimum atomic E-state index is -1.20. The third-order valence-electron chi connectivity index (χ3n) is 2.90. The first-order chi connectivity index (χ1) is 11.6. The third kappa shape index (κ3) is 7.51. The lowest BCUT2D eigenvalue weighted by Crippen LogP contribution is -2.48. The Labute approximate surface area is 144 Å². The molecule has 1 N–H and O–H groups in total. The van der Waals surface area contributed by atoms with Crippen molar-refractivity contribution in [2.45, 2.75) is 26.3 Å². The Bertz CT molecular complexity index is 610. The van der Waals surface area contributed by atoms with Crippen LogP contribution in [0.15, 0.2) is 24.3 Å². The van der Waals surface area contributed by atoms with E-state index in [1.807, 2.05) is 0 Å². The summed E-state index contributed by atoms with van der Waals surface area (Å²) in [5.41, 5.74) is -0.787. The van der Waals surface area contributed by atoms with Crippen molar-refractivity contribution in [1.29, 1.82) is 0 Å². The summed E-state index contributed by atoms with van der Waals surface area (Å²) in [6, 6.07) is 5.03. The van der Waals surface area contributed by atoms with E-state index in [4.69, 9.17) is 14.6 Å². The summed E-state index contributed by atoms with van der Waals surface area (Å²) >= 11 is 0. The van der Waals surface area contributed by atoms with Crippen LogP contribution < -0.4 is 4.74 Å². The summed E-state index contributed by atoms with van der Waals surface area (Å²) in [6.07, 6.45) is -0.929. The van der Waals surface area contributed by atoms with E-state index in [1.165, 1.54) is 24.3 Å². The average Bonchev–Trinajstić information content (AvgIpc) is 2.50. The van der Waals surface area contributed by atoms with Crippen LogP contribution in [0, 0.1) is 5.82 Å². The largest absolute Gasteiger partial charge is 0.482 e. The molecule has 9 heteroatoms. The van der Waals surface area contributed by atoms with Gasteiger partial charge in [0.15, 0.2) is 6.61 Å². The van der Waals surface area contributed by atoms with Gasteiger partial charge in [-0.3, -0.25) is 9.69 Å². The summed E-state index contributed by atoms with van der Waals surface area (Å²) in [5, 5.41) is 8.83. The van der Waals surface area contributed by atoms with Gasteiger partial charge in [-0.25, -0.2) is 14.0 Å². The van der Waals surface area contributed by atoms with Gasteiger partial charge in [-0.1, -0.05) is 0 Å². The van der Waals surface area contributed by atoms with Gasteiger partial charge in [-0.05, 0) is 45.0 Å². The maximum atomic E-state index is 12.7. The molecular weight excluding hydrogens is 337 g/mol. The van der Waals surface area contributed by atoms with Gasteiger partial charge in [0, 0.05) is 5.54 Å². The number of amides is 1. The highest BCUT2D eigenvalue weighted by atomic mass is 19.1. The van der Waals surface area contributed by atoms with Gasteiger partial charge in [-0.15, -0.1) is 0 Å². The second-order valence-electron chi connectivity index (χ2n) is 5.94. The van der Waals surface area contributed by atoms with Crippen LogP contribution in [0.25, 0.3) is 0 Å². The van der Waals surface area contributed by atoms with Gasteiger partial charge in [-0.2, -0.15) is 0 Å². The van der Waals surface area contributed by atoms with Crippen LogP contribution in [0.1, 0.15) is 20.8 Å². The van der Waals surface area contributed by atoms with Crippen LogP contribution >= 0.6 is 0 Å². The number of esters is 1. The molecule has 0 aromatic heterocycles. The van der Waals surface area contributed by atoms with E-state index >= 15 is 0 Å². The van der Waals surface area contributed by atoms with E-state index in [-0.39, 0.29) is 5.75 Å². The fourth-order valence-electron chi connectivity index (χ4n) is 1.65. The minimum Gasteiger partial charge on any atom is -0.482 e. The van der Waals surface area contributed by atoms with Gasteiger partial charge < -0.3 is 19.3 Å². The van der Waals surface area contributed by atoms with Crippen molar-refractivity contribution in [1.82, 2.24) is 4.90 Å². The molecule has 25 heavy (non-hydrogen) atoms. The maximum Gasteiger partial charge on any atom is 0.413 e. The number of carboxylic acids is 1. The topological polar surface area (TPSA) is 102 Å². The van der Waals surface area contributed by atoms with E-state index < -0.39 is 49.3 Å². The molecule has 0 aliphatic heterocycles. The smallest absolute Gasteiger partial charge is 0.413 e. The Morgan fingerprint density at radius 1 is 1.12 bits per heavy atom. The third-order valence-corrected chi connectivity index (χ3v) is 2.90. The number of hydrogen-bond donors (Lipinski definition) is 1. The van der Waals surface area contributed by atoms with Crippen molar-refractivity contribution in [2.75, 3.05) is 19.9 Å². The second kappa shape index (κ2) is 8.86. The van der Waals surface area contributed by atoms with Crippen LogP contribution in [0.5, 0.6) is 5.75 Å². The number of halogens is 1. The van der Waals surface area contributed by atoms with Gasteiger partial charge in [0.25, 0.3) is 0 Å². The number of benzene rings is 1. The molecule has 1 rings (SSSR count). The molecule has 1 aromatic carbocycles. The molecule has 0 radical (unpaired) electrons. The van der Waals surface area contributed by atoms with E-state index in [0.717, 1.165) is 4.90 Å². The molecule has 8 nitrogen and oxygen atoms in total. The lowest BCUT2D eigenvalue weighted by molar-refractivity contribution is -0.155. The fourth-order valence-corrected chi connectivity index (χ4v) is 1.65. The normalized spacial score (nSPS) is 10.7. The van der Waals surface area contributed by atoms with E-state index in [9.17, 15) is 18.8 Å². The van der Waals surface area contributed by atoms with E-state index in [0.29, 0.717) is 0 Å². The van der Waals surface area contributed by atoms with Crippen molar-refractivity contribution >= 4 is 18.0 Å². The van der Waals surface area contributed by atoms with Crippen LogP contribution in [-0.2, 0) is 19.1 Å². The van der Waals surface area contributed by atoms with Crippen LogP contribution in [0.3, 0.4) is 0 Å². The summed E-state index contributed by atoms with van der Waals surface area (Å²) in [7, 11) is 0. The molecule has 0 unspecified atom stereocenters. The first-order valence-corrected chi connectivity index (χ1v) is 7.30. The Morgan fingerprint density at radius 2 is 1.72 bits per heavy atom. The van der Waals surface area contributed by atoms with Crippen LogP contribution in [-0.4, -0.2) is 53.5 Å². The first-order valence-electron chi connectivity index (χ1n) is 7.30. The highest BCUT2D eigenvalue weighted by Gasteiger charge is 2.29. The van der Waals surface area contributed by atoms with Crippen molar-refractivity contribution in [3.8, 4) is 5.75 Å². The minimum absolute atomic E-state index is 0.274. The summed E-state index contributed by atoms with van der Waals surface area (Å²) < 4.78 is 27.2. The maximum absolute atomic E-state index is 12.7.